The molecule has 0 saturated carbocycles. The van der Waals surface area contributed by atoms with Crippen LogP contribution in [0.5, 0.6) is 0 Å². The van der Waals surface area contributed by atoms with Gasteiger partial charge in [-0.2, -0.15) is 13.2 Å². The predicted octanol–water partition coefficient (Wildman–Crippen LogP) is 3.29. The Bertz CT molecular complexity index is 372. The minimum atomic E-state index is -4.18. The molecule has 0 amide bonds. The number of halogens is 4. The van der Waals surface area contributed by atoms with Crippen molar-refractivity contribution in [3.8, 4) is 0 Å². The van der Waals surface area contributed by atoms with Crippen molar-refractivity contribution in [2.45, 2.75) is 18.5 Å². The van der Waals surface area contributed by atoms with Gasteiger partial charge in [-0.3, -0.25) is 0 Å². The summed E-state index contributed by atoms with van der Waals surface area (Å²) in [6.07, 6.45) is -5.04. The van der Waals surface area contributed by atoms with Crippen molar-refractivity contribution < 1.29 is 17.6 Å². The number of nitrogens with one attached hydrogen (secondary N) is 1. The maximum absolute atomic E-state index is 12.8. The molecule has 2 rings (SSSR count). The summed E-state index contributed by atoms with van der Waals surface area (Å²) in [5.74, 6) is -1.03. The Hall–Kier alpha value is -1.26. The first-order valence-corrected chi connectivity index (χ1v) is 4.56. The van der Waals surface area contributed by atoms with Crippen molar-refractivity contribution in [3.63, 3.8) is 0 Å². The van der Waals surface area contributed by atoms with Gasteiger partial charge in [0.15, 0.2) is 0 Å². The number of hydrogen-bond acceptors (Lipinski definition) is 1. The molecule has 15 heavy (non-hydrogen) atoms. The van der Waals surface area contributed by atoms with Gasteiger partial charge in [0.1, 0.15) is 5.82 Å². The first kappa shape index (κ1) is 10.3. The van der Waals surface area contributed by atoms with Crippen LogP contribution in [0.1, 0.15) is 17.9 Å². The van der Waals surface area contributed by atoms with Gasteiger partial charge in [-0.1, -0.05) is 6.07 Å². The summed E-state index contributed by atoms with van der Waals surface area (Å²) in [7, 11) is 0. The highest BCUT2D eigenvalue weighted by Crippen LogP contribution is 2.38. The van der Waals surface area contributed by atoms with Crippen molar-refractivity contribution in [2.24, 2.45) is 0 Å². The topological polar surface area (TPSA) is 12.0 Å². The van der Waals surface area contributed by atoms with Crippen molar-refractivity contribution in [1.29, 1.82) is 0 Å². The average Bonchev–Trinajstić information content (AvgIpc) is 2.45. The zero-order valence-electron chi connectivity index (χ0n) is 7.74. The Labute approximate surface area is 84.1 Å². The highest BCUT2D eigenvalue weighted by molar-refractivity contribution is 5.57. The number of fused-ring (bicyclic) bond motifs is 1. The quantitative estimate of drug-likeness (QED) is 0.714. The summed E-state index contributed by atoms with van der Waals surface area (Å²) in [5, 5.41) is 2.77. The average molecular weight is 219 g/mol. The lowest BCUT2D eigenvalue weighted by Crippen LogP contribution is -2.15. The van der Waals surface area contributed by atoms with E-state index in [1.807, 2.05) is 0 Å². The summed E-state index contributed by atoms with van der Waals surface area (Å²) < 4.78 is 49.3. The van der Waals surface area contributed by atoms with Crippen LogP contribution < -0.4 is 5.32 Å². The van der Waals surface area contributed by atoms with E-state index in [9.17, 15) is 17.6 Å². The zero-order chi connectivity index (χ0) is 11.1. The third-order valence-corrected chi connectivity index (χ3v) is 2.47. The number of alkyl halides is 3. The molecule has 0 aliphatic carbocycles. The minimum absolute atomic E-state index is 0.221. The SMILES string of the molecule is Fc1ccc2c(c1)NCC2CC(F)(F)F. The van der Waals surface area contributed by atoms with Gasteiger partial charge in [0.25, 0.3) is 0 Å². The Morgan fingerprint density at radius 1 is 1.33 bits per heavy atom. The molecule has 1 N–H and O–H groups in total. The van der Waals surface area contributed by atoms with Crippen molar-refractivity contribution in [3.05, 3.63) is 29.6 Å². The molecule has 1 nitrogen and oxygen atoms in total. The van der Waals surface area contributed by atoms with Crippen LogP contribution in [0.3, 0.4) is 0 Å². The van der Waals surface area contributed by atoms with Gasteiger partial charge in [0.2, 0.25) is 0 Å². The molecule has 1 aliphatic heterocycles. The number of rotatable bonds is 1. The van der Waals surface area contributed by atoms with Crippen LogP contribution in [0.2, 0.25) is 0 Å². The molecule has 1 atom stereocenters. The molecule has 0 aromatic heterocycles. The molecular weight excluding hydrogens is 210 g/mol. The third kappa shape index (κ3) is 2.22. The Kier molecular flexibility index (Phi) is 2.32. The van der Waals surface area contributed by atoms with Crippen LogP contribution in [-0.4, -0.2) is 12.7 Å². The van der Waals surface area contributed by atoms with Crippen LogP contribution in [0.15, 0.2) is 18.2 Å². The van der Waals surface area contributed by atoms with Crippen LogP contribution in [0.4, 0.5) is 23.2 Å². The molecular formula is C10H9F4N. The highest BCUT2D eigenvalue weighted by atomic mass is 19.4. The van der Waals surface area contributed by atoms with Gasteiger partial charge in [0, 0.05) is 18.2 Å². The molecule has 1 aromatic carbocycles. The summed E-state index contributed by atoms with van der Waals surface area (Å²) in [4.78, 5) is 0. The molecule has 5 heteroatoms. The standard InChI is InChI=1S/C10H9F4N/c11-7-1-2-8-6(4-10(12,13)14)5-15-9(8)3-7/h1-3,6,15H,4-5H2. The van der Waals surface area contributed by atoms with Gasteiger partial charge in [-0.15, -0.1) is 0 Å². The summed E-state index contributed by atoms with van der Waals surface area (Å²) >= 11 is 0. The predicted molar refractivity (Wildman–Crippen MR) is 48.3 cm³/mol. The second-order valence-electron chi connectivity index (χ2n) is 3.63. The van der Waals surface area contributed by atoms with Crippen molar-refractivity contribution in [1.82, 2.24) is 0 Å². The van der Waals surface area contributed by atoms with E-state index in [1.54, 1.807) is 0 Å². The van der Waals surface area contributed by atoms with Crippen LogP contribution in [-0.2, 0) is 0 Å². The van der Waals surface area contributed by atoms with E-state index in [0.29, 0.717) is 11.3 Å². The lowest BCUT2D eigenvalue weighted by atomic mass is 9.98. The van der Waals surface area contributed by atoms with E-state index in [-0.39, 0.29) is 6.54 Å². The molecule has 0 saturated heterocycles. The largest absolute Gasteiger partial charge is 0.389 e. The number of benzene rings is 1. The monoisotopic (exact) mass is 219 g/mol. The van der Waals surface area contributed by atoms with Gasteiger partial charge in [0.05, 0.1) is 6.42 Å². The van der Waals surface area contributed by atoms with E-state index in [2.05, 4.69) is 5.32 Å². The third-order valence-electron chi connectivity index (χ3n) is 2.47. The molecule has 82 valence electrons. The molecule has 1 unspecified atom stereocenters. The van der Waals surface area contributed by atoms with Gasteiger partial charge < -0.3 is 5.32 Å². The lowest BCUT2D eigenvalue weighted by Gasteiger charge is -2.12. The fourth-order valence-electron chi connectivity index (χ4n) is 1.84. The van der Waals surface area contributed by atoms with Crippen molar-refractivity contribution >= 4 is 5.69 Å². The molecule has 1 heterocycles. The molecule has 0 radical (unpaired) electrons. The normalized spacial score (nSPS) is 19.9. The maximum Gasteiger partial charge on any atom is 0.389 e. The minimum Gasteiger partial charge on any atom is -0.384 e. The van der Waals surface area contributed by atoms with E-state index in [0.717, 1.165) is 0 Å². The molecule has 0 spiro atoms. The molecule has 0 bridgehead atoms. The smallest absolute Gasteiger partial charge is 0.384 e. The Morgan fingerprint density at radius 3 is 2.73 bits per heavy atom. The molecule has 0 fully saturated rings. The fourth-order valence-corrected chi connectivity index (χ4v) is 1.84. The van der Waals surface area contributed by atoms with Crippen LogP contribution >= 0.6 is 0 Å². The summed E-state index contributed by atoms with van der Waals surface area (Å²) in [6, 6.07) is 3.84. The van der Waals surface area contributed by atoms with Crippen LogP contribution in [0, 0.1) is 5.82 Å². The zero-order valence-corrected chi connectivity index (χ0v) is 7.74. The number of hydrogen-bond donors (Lipinski definition) is 1. The first-order valence-electron chi connectivity index (χ1n) is 4.56. The first-order chi connectivity index (χ1) is 6.96. The second-order valence-corrected chi connectivity index (χ2v) is 3.63. The van der Waals surface area contributed by atoms with Crippen LogP contribution in [0.25, 0.3) is 0 Å². The molecule has 1 aromatic rings. The summed E-state index contributed by atoms with van der Waals surface area (Å²) in [6.45, 7) is 0.221. The second kappa shape index (κ2) is 3.40. The van der Waals surface area contributed by atoms with E-state index in [1.165, 1.54) is 18.2 Å². The van der Waals surface area contributed by atoms with E-state index in [4.69, 9.17) is 0 Å². The van der Waals surface area contributed by atoms with Gasteiger partial charge >= 0.3 is 6.18 Å². The maximum atomic E-state index is 12.8. The van der Waals surface area contributed by atoms with Gasteiger partial charge in [-0.25, -0.2) is 4.39 Å². The lowest BCUT2D eigenvalue weighted by molar-refractivity contribution is -0.137. The van der Waals surface area contributed by atoms with Gasteiger partial charge in [-0.05, 0) is 17.7 Å². The fraction of sp³-hybridized carbons (Fsp3) is 0.400. The highest BCUT2D eigenvalue weighted by Gasteiger charge is 2.35. The van der Waals surface area contributed by atoms with Crippen molar-refractivity contribution in [2.75, 3.05) is 11.9 Å². The molecule has 1 aliphatic rings. The van der Waals surface area contributed by atoms with E-state index < -0.39 is 24.3 Å². The van der Waals surface area contributed by atoms with E-state index >= 15 is 0 Å². The number of anilines is 1. The summed E-state index contributed by atoms with van der Waals surface area (Å²) in [5.41, 5.74) is 1.03. The Morgan fingerprint density at radius 2 is 2.07 bits per heavy atom. The Balaban J connectivity index is 2.22.